The minimum Gasteiger partial charge on any atom is -0.493 e. The van der Waals surface area contributed by atoms with Crippen molar-refractivity contribution < 1.29 is 14.3 Å². The highest BCUT2D eigenvalue weighted by Gasteiger charge is 2.25. The van der Waals surface area contributed by atoms with Crippen LogP contribution < -0.4 is 10.1 Å². The van der Waals surface area contributed by atoms with Crippen LogP contribution in [0, 0.1) is 19.8 Å². The van der Waals surface area contributed by atoms with E-state index in [4.69, 9.17) is 4.74 Å². The van der Waals surface area contributed by atoms with Gasteiger partial charge in [-0.2, -0.15) is 0 Å². The van der Waals surface area contributed by atoms with Crippen molar-refractivity contribution >= 4 is 11.8 Å². The van der Waals surface area contributed by atoms with Crippen LogP contribution in [-0.2, 0) is 0 Å². The Morgan fingerprint density at radius 1 is 0.933 bits per heavy atom. The maximum Gasteiger partial charge on any atom is 0.253 e. The second-order valence-corrected chi connectivity index (χ2v) is 8.62. The third kappa shape index (κ3) is 5.02. The first-order valence-corrected chi connectivity index (χ1v) is 10.9. The fourth-order valence-electron chi connectivity index (χ4n) is 3.77. The van der Waals surface area contributed by atoms with Gasteiger partial charge in [0.05, 0.1) is 6.61 Å². The summed E-state index contributed by atoms with van der Waals surface area (Å²) in [5.74, 6) is 1.33. The molecule has 2 aromatic rings. The van der Waals surface area contributed by atoms with Crippen LogP contribution in [-0.4, -0.2) is 42.5 Å². The minimum absolute atomic E-state index is 0.00939. The van der Waals surface area contributed by atoms with Gasteiger partial charge >= 0.3 is 0 Å². The van der Waals surface area contributed by atoms with Gasteiger partial charge in [0.15, 0.2) is 0 Å². The number of carbonyl (C=O) groups excluding carboxylic acids is 2. The Bertz CT molecular complexity index is 910. The number of hydrogen-bond acceptors (Lipinski definition) is 3. The van der Waals surface area contributed by atoms with Crippen molar-refractivity contribution in [1.29, 1.82) is 0 Å². The molecule has 2 fully saturated rings. The number of benzene rings is 2. The molecule has 1 heterocycles. The van der Waals surface area contributed by atoms with E-state index in [-0.39, 0.29) is 11.8 Å². The molecule has 4 rings (SSSR count). The summed E-state index contributed by atoms with van der Waals surface area (Å²) in [5, 5.41) is 2.99. The largest absolute Gasteiger partial charge is 0.493 e. The molecular formula is C25H30N2O3. The summed E-state index contributed by atoms with van der Waals surface area (Å²) in [6, 6.07) is 13.6. The van der Waals surface area contributed by atoms with Gasteiger partial charge in [-0.3, -0.25) is 9.59 Å². The fraction of sp³-hybridized carbons (Fsp3) is 0.440. The van der Waals surface area contributed by atoms with E-state index in [2.05, 4.69) is 12.2 Å². The van der Waals surface area contributed by atoms with Gasteiger partial charge in [-0.05, 0) is 93.0 Å². The molecule has 1 aliphatic heterocycles. The van der Waals surface area contributed by atoms with Crippen LogP contribution in [0.15, 0.2) is 42.5 Å². The summed E-state index contributed by atoms with van der Waals surface area (Å²) in [6.45, 7) is 6.27. The molecule has 158 valence electrons. The number of piperidine rings is 1. The van der Waals surface area contributed by atoms with Crippen LogP contribution in [0.4, 0.5) is 0 Å². The smallest absolute Gasteiger partial charge is 0.253 e. The van der Waals surface area contributed by atoms with Gasteiger partial charge in [0, 0.05) is 30.3 Å². The summed E-state index contributed by atoms with van der Waals surface area (Å²) >= 11 is 0. The molecule has 1 saturated heterocycles. The molecule has 1 N–H and O–H groups in total. The molecular weight excluding hydrogens is 376 g/mol. The summed E-state index contributed by atoms with van der Waals surface area (Å²) in [5.41, 5.74) is 3.81. The number of rotatable bonds is 6. The van der Waals surface area contributed by atoms with Crippen LogP contribution in [0.1, 0.15) is 57.5 Å². The predicted octanol–water partition coefficient (Wildman–Crippen LogP) is 4.13. The topological polar surface area (TPSA) is 58.6 Å². The second kappa shape index (κ2) is 8.90. The first-order chi connectivity index (χ1) is 14.5. The van der Waals surface area contributed by atoms with Crippen LogP contribution >= 0.6 is 0 Å². The SMILES string of the molecule is Cc1ccc(C(=O)N2CCC(COc3ccc(C(=O)NC4CC4)cc3)CC2)cc1C. The molecule has 2 aliphatic rings. The number of carbonyl (C=O) groups is 2. The Balaban J connectivity index is 1.23. The molecule has 1 saturated carbocycles. The molecule has 5 heteroatoms. The predicted molar refractivity (Wildman–Crippen MR) is 117 cm³/mol. The van der Waals surface area contributed by atoms with Crippen molar-refractivity contribution in [2.75, 3.05) is 19.7 Å². The molecule has 2 aromatic carbocycles. The maximum atomic E-state index is 12.8. The second-order valence-electron chi connectivity index (χ2n) is 8.62. The summed E-state index contributed by atoms with van der Waals surface area (Å²) < 4.78 is 5.95. The molecule has 2 amide bonds. The minimum atomic E-state index is -0.00939. The van der Waals surface area contributed by atoms with Gasteiger partial charge in [0.1, 0.15) is 5.75 Å². The Labute approximate surface area is 178 Å². The molecule has 1 aliphatic carbocycles. The molecule has 30 heavy (non-hydrogen) atoms. The quantitative estimate of drug-likeness (QED) is 0.785. The Kier molecular flexibility index (Phi) is 6.07. The van der Waals surface area contributed by atoms with E-state index in [1.807, 2.05) is 54.3 Å². The Morgan fingerprint density at radius 2 is 1.60 bits per heavy atom. The number of ether oxygens (including phenoxy) is 1. The van der Waals surface area contributed by atoms with E-state index in [1.165, 1.54) is 5.56 Å². The van der Waals surface area contributed by atoms with Crippen molar-refractivity contribution in [1.82, 2.24) is 10.2 Å². The Morgan fingerprint density at radius 3 is 2.23 bits per heavy atom. The first-order valence-electron chi connectivity index (χ1n) is 10.9. The zero-order valence-electron chi connectivity index (χ0n) is 17.8. The van der Waals surface area contributed by atoms with Crippen molar-refractivity contribution in [3.05, 3.63) is 64.7 Å². The molecule has 5 nitrogen and oxygen atoms in total. The van der Waals surface area contributed by atoms with Crippen molar-refractivity contribution in [2.24, 2.45) is 5.92 Å². The number of aryl methyl sites for hydroxylation is 2. The van der Waals surface area contributed by atoms with Gasteiger partial charge < -0.3 is 15.0 Å². The standard InChI is InChI=1S/C25H30N2O3/c1-17-3-4-21(15-18(17)2)25(29)27-13-11-19(12-14-27)16-30-23-9-5-20(6-10-23)24(28)26-22-7-8-22/h3-6,9-10,15,19,22H,7-8,11-14,16H2,1-2H3,(H,26,28). The lowest BCUT2D eigenvalue weighted by atomic mass is 9.97. The van der Waals surface area contributed by atoms with Crippen LogP contribution in [0.2, 0.25) is 0 Å². The average Bonchev–Trinajstić information content (AvgIpc) is 3.58. The zero-order chi connectivity index (χ0) is 21.1. The van der Waals surface area contributed by atoms with Gasteiger partial charge in [-0.15, -0.1) is 0 Å². The first kappa shape index (κ1) is 20.5. The number of nitrogens with zero attached hydrogens (tertiary/aromatic N) is 1. The van der Waals surface area contributed by atoms with Gasteiger partial charge in [-0.1, -0.05) is 6.07 Å². The van der Waals surface area contributed by atoms with Crippen molar-refractivity contribution in [2.45, 2.75) is 45.6 Å². The fourth-order valence-corrected chi connectivity index (χ4v) is 3.77. The highest BCUT2D eigenvalue weighted by Crippen LogP contribution is 2.23. The number of nitrogens with one attached hydrogen (secondary N) is 1. The summed E-state index contributed by atoms with van der Waals surface area (Å²) in [4.78, 5) is 26.8. The molecule has 0 bridgehead atoms. The molecule has 0 unspecified atom stereocenters. The van der Waals surface area contributed by atoms with E-state index in [1.54, 1.807) is 0 Å². The number of hydrogen-bond donors (Lipinski definition) is 1. The van der Waals surface area contributed by atoms with Crippen LogP contribution in [0.3, 0.4) is 0 Å². The molecule has 0 radical (unpaired) electrons. The van der Waals surface area contributed by atoms with E-state index in [9.17, 15) is 9.59 Å². The highest BCUT2D eigenvalue weighted by molar-refractivity contribution is 5.95. The molecule has 0 aromatic heterocycles. The summed E-state index contributed by atoms with van der Waals surface area (Å²) in [6.07, 6.45) is 4.06. The third-order valence-electron chi connectivity index (χ3n) is 6.17. The monoisotopic (exact) mass is 406 g/mol. The summed E-state index contributed by atoms with van der Waals surface area (Å²) in [7, 11) is 0. The lowest BCUT2D eigenvalue weighted by Crippen LogP contribution is -2.39. The van der Waals surface area contributed by atoms with Crippen LogP contribution in [0.5, 0.6) is 5.75 Å². The molecule has 0 atom stereocenters. The van der Waals surface area contributed by atoms with Crippen LogP contribution in [0.25, 0.3) is 0 Å². The van der Waals surface area contributed by atoms with Gasteiger partial charge in [0.25, 0.3) is 11.8 Å². The normalized spacial score (nSPS) is 16.9. The molecule has 0 spiro atoms. The maximum absolute atomic E-state index is 12.8. The lowest BCUT2D eigenvalue weighted by Gasteiger charge is -2.32. The average molecular weight is 407 g/mol. The number of amides is 2. The van der Waals surface area contributed by atoms with Gasteiger partial charge in [0.2, 0.25) is 0 Å². The highest BCUT2D eigenvalue weighted by atomic mass is 16.5. The van der Waals surface area contributed by atoms with Crippen molar-refractivity contribution in [3.8, 4) is 5.75 Å². The van der Waals surface area contributed by atoms with E-state index < -0.39 is 0 Å². The third-order valence-corrected chi connectivity index (χ3v) is 6.17. The Hall–Kier alpha value is -2.82. The zero-order valence-corrected chi connectivity index (χ0v) is 17.8. The van der Waals surface area contributed by atoms with E-state index in [0.717, 1.165) is 55.6 Å². The van der Waals surface area contributed by atoms with Crippen molar-refractivity contribution in [3.63, 3.8) is 0 Å². The van der Waals surface area contributed by atoms with E-state index in [0.29, 0.717) is 24.1 Å². The van der Waals surface area contributed by atoms with E-state index >= 15 is 0 Å². The van der Waals surface area contributed by atoms with Gasteiger partial charge in [-0.25, -0.2) is 0 Å². The lowest BCUT2D eigenvalue weighted by molar-refractivity contribution is 0.0660. The number of likely N-dealkylation sites (tertiary alicyclic amines) is 1.